The lowest BCUT2D eigenvalue weighted by Gasteiger charge is -2.18. The van der Waals surface area contributed by atoms with Crippen molar-refractivity contribution in [1.29, 1.82) is 0 Å². The van der Waals surface area contributed by atoms with Gasteiger partial charge in [0, 0.05) is 24.4 Å². The van der Waals surface area contributed by atoms with Crippen molar-refractivity contribution in [2.75, 3.05) is 24.5 Å². The summed E-state index contributed by atoms with van der Waals surface area (Å²) in [5.41, 5.74) is 12.3. The molecule has 164 valence electrons. The molecule has 0 amide bonds. The van der Waals surface area contributed by atoms with Crippen LogP contribution in [0.3, 0.4) is 0 Å². The van der Waals surface area contributed by atoms with Crippen molar-refractivity contribution >= 4 is 36.7 Å². The number of nitro groups is 1. The Hall–Kier alpha value is -3.39. The molecular weight excluding hydrogens is 401 g/mol. The van der Waals surface area contributed by atoms with E-state index >= 15 is 0 Å². The molecule has 1 aromatic carbocycles. The fourth-order valence-electron chi connectivity index (χ4n) is 4.49. The first kappa shape index (κ1) is 21.8. The monoisotopic (exact) mass is 429 g/mol. The van der Waals surface area contributed by atoms with Crippen LogP contribution in [0, 0.1) is 10.1 Å². The summed E-state index contributed by atoms with van der Waals surface area (Å²) in [5.74, 6) is 0. The van der Waals surface area contributed by atoms with Crippen molar-refractivity contribution < 1.29 is 4.92 Å². The minimum atomic E-state index is -0.273. The lowest BCUT2D eigenvalue weighted by atomic mass is 10.0. The quantitative estimate of drug-likeness (QED) is 0.414. The maximum Gasteiger partial charge on any atom is 0.299 e. The summed E-state index contributed by atoms with van der Waals surface area (Å²) in [7, 11) is 2.01. The number of rotatable bonds is 7. The second-order valence-electron chi connectivity index (χ2n) is 8.23. The fourth-order valence-corrected chi connectivity index (χ4v) is 4.49. The van der Waals surface area contributed by atoms with E-state index in [1.165, 1.54) is 0 Å². The maximum absolute atomic E-state index is 11.9. The molecule has 0 atom stereocenters. The van der Waals surface area contributed by atoms with Crippen LogP contribution >= 0.6 is 0 Å². The van der Waals surface area contributed by atoms with Gasteiger partial charge in [-0.3, -0.25) is 10.1 Å². The number of nitrogens with two attached hydrogens (primary N) is 1. The second kappa shape index (κ2) is 9.40. The standard InChI is InChI=1S/C24H28BN5O2/c1-17-16-19(27-23(17)20(11-12-26)21-8-5-15-29(21)25)10-9-18-6-4-7-22(24(18)30(31)32)28-13-2-3-14-28/h4-10,15-16H,2-3,11-14,25-26H2,1H3/b10-9+,23-20-. The number of hydrogen-bond donors (Lipinski definition) is 1. The first-order valence-electron chi connectivity index (χ1n) is 11.0. The smallest absolute Gasteiger partial charge is 0.299 e. The van der Waals surface area contributed by atoms with Gasteiger partial charge in [0.2, 0.25) is 7.98 Å². The average molecular weight is 429 g/mol. The minimum Gasteiger partial charge on any atom is -0.399 e. The van der Waals surface area contributed by atoms with Gasteiger partial charge in [-0.05, 0) is 87.0 Å². The molecule has 0 bridgehead atoms. The van der Waals surface area contributed by atoms with Crippen LogP contribution in [-0.2, 0) is 0 Å². The van der Waals surface area contributed by atoms with Gasteiger partial charge in [-0.1, -0.05) is 6.07 Å². The third-order valence-corrected chi connectivity index (χ3v) is 6.02. The molecule has 0 aliphatic carbocycles. The van der Waals surface area contributed by atoms with Crippen LogP contribution < -0.4 is 10.6 Å². The Bertz CT molecular complexity index is 1150. The number of anilines is 1. The van der Waals surface area contributed by atoms with E-state index in [0.717, 1.165) is 60.6 Å². The number of aromatic nitrogens is 1. The third kappa shape index (κ3) is 4.32. The van der Waals surface area contributed by atoms with E-state index in [-0.39, 0.29) is 10.6 Å². The SMILES string of the molecule is Bn1cccc1/C(CCN)=C1N=C(/C=C/c2cccc(N3CCCC3)c2[N+](=O)[O-])C=C\1C. The Morgan fingerprint density at radius 3 is 2.69 bits per heavy atom. The predicted octanol–water partition coefficient (Wildman–Crippen LogP) is 3.57. The highest BCUT2D eigenvalue weighted by Crippen LogP contribution is 2.35. The molecule has 0 radical (unpaired) electrons. The predicted molar refractivity (Wildman–Crippen MR) is 134 cm³/mol. The highest BCUT2D eigenvalue weighted by Gasteiger charge is 2.24. The molecule has 1 fully saturated rings. The van der Waals surface area contributed by atoms with Gasteiger partial charge in [0.25, 0.3) is 5.69 Å². The molecule has 1 aromatic heterocycles. The molecule has 2 N–H and O–H groups in total. The van der Waals surface area contributed by atoms with Gasteiger partial charge < -0.3 is 15.1 Å². The van der Waals surface area contributed by atoms with Crippen molar-refractivity contribution in [2.45, 2.75) is 26.2 Å². The van der Waals surface area contributed by atoms with Gasteiger partial charge in [-0.2, -0.15) is 0 Å². The summed E-state index contributed by atoms with van der Waals surface area (Å²) in [6, 6.07) is 9.61. The van der Waals surface area contributed by atoms with Gasteiger partial charge >= 0.3 is 0 Å². The van der Waals surface area contributed by atoms with E-state index in [2.05, 4.69) is 15.4 Å². The number of hydrogen-bond acceptors (Lipinski definition) is 5. The molecule has 32 heavy (non-hydrogen) atoms. The molecule has 0 spiro atoms. The summed E-state index contributed by atoms with van der Waals surface area (Å²) in [4.78, 5) is 18.6. The van der Waals surface area contributed by atoms with Gasteiger partial charge in [0.1, 0.15) is 5.69 Å². The van der Waals surface area contributed by atoms with Crippen LogP contribution in [0.2, 0.25) is 0 Å². The number of aliphatic imine (C=N–C) groups is 1. The fraction of sp³-hybridized carbons (Fsp3) is 0.292. The van der Waals surface area contributed by atoms with Gasteiger partial charge in [0.05, 0.1) is 21.9 Å². The first-order valence-corrected chi connectivity index (χ1v) is 11.0. The summed E-state index contributed by atoms with van der Waals surface area (Å²) < 4.78 is 2.07. The normalized spacial score (nSPS) is 17.8. The lowest BCUT2D eigenvalue weighted by molar-refractivity contribution is -0.384. The number of benzene rings is 1. The molecule has 3 heterocycles. The van der Waals surface area contributed by atoms with Crippen molar-refractivity contribution in [3.63, 3.8) is 0 Å². The van der Waals surface area contributed by atoms with Crippen LogP contribution in [-0.4, -0.2) is 42.7 Å². The minimum absolute atomic E-state index is 0.161. The Morgan fingerprint density at radius 1 is 1.25 bits per heavy atom. The van der Waals surface area contributed by atoms with Crippen molar-refractivity contribution in [3.05, 3.63) is 81.3 Å². The Morgan fingerprint density at radius 2 is 2.03 bits per heavy atom. The number of para-hydroxylation sites is 1. The highest BCUT2D eigenvalue weighted by atomic mass is 16.6. The molecule has 0 unspecified atom stereocenters. The molecule has 8 heteroatoms. The number of allylic oxidation sites excluding steroid dienone is 3. The molecule has 2 aromatic rings. The molecule has 2 aliphatic rings. The summed E-state index contributed by atoms with van der Waals surface area (Å²) >= 11 is 0. The van der Waals surface area contributed by atoms with Crippen LogP contribution in [0.25, 0.3) is 11.6 Å². The molecular formula is C24H28BN5O2. The summed E-state index contributed by atoms with van der Waals surface area (Å²) in [5, 5.41) is 11.9. The largest absolute Gasteiger partial charge is 0.399 e. The van der Waals surface area contributed by atoms with Crippen LogP contribution in [0.4, 0.5) is 11.4 Å². The third-order valence-electron chi connectivity index (χ3n) is 6.02. The number of nitro benzene ring substituents is 1. The Kier molecular flexibility index (Phi) is 6.41. The van der Waals surface area contributed by atoms with E-state index in [1.54, 1.807) is 12.1 Å². The van der Waals surface area contributed by atoms with Crippen molar-refractivity contribution in [3.8, 4) is 0 Å². The molecule has 7 nitrogen and oxygen atoms in total. The van der Waals surface area contributed by atoms with E-state index in [4.69, 9.17) is 10.7 Å². The van der Waals surface area contributed by atoms with E-state index in [9.17, 15) is 10.1 Å². The van der Waals surface area contributed by atoms with Gasteiger partial charge in [-0.25, -0.2) is 4.99 Å². The van der Waals surface area contributed by atoms with Gasteiger partial charge in [-0.15, -0.1) is 0 Å². The maximum atomic E-state index is 11.9. The Labute approximate surface area is 189 Å². The first-order chi connectivity index (χ1) is 15.5. The lowest BCUT2D eigenvalue weighted by Crippen LogP contribution is -2.19. The number of nitrogens with zero attached hydrogens (tertiary/aromatic N) is 4. The topological polar surface area (TPSA) is 89.7 Å². The van der Waals surface area contributed by atoms with Crippen molar-refractivity contribution in [1.82, 2.24) is 4.48 Å². The van der Waals surface area contributed by atoms with Crippen LogP contribution in [0.5, 0.6) is 0 Å². The van der Waals surface area contributed by atoms with Gasteiger partial charge in [0.15, 0.2) is 0 Å². The highest BCUT2D eigenvalue weighted by molar-refractivity contribution is 6.11. The Balaban J connectivity index is 1.69. The molecule has 2 aliphatic heterocycles. The molecule has 4 rings (SSSR count). The zero-order valence-corrected chi connectivity index (χ0v) is 18.6. The van der Waals surface area contributed by atoms with E-state index in [0.29, 0.717) is 17.8 Å². The van der Waals surface area contributed by atoms with E-state index in [1.807, 2.05) is 51.5 Å². The second-order valence-corrected chi connectivity index (χ2v) is 8.23. The van der Waals surface area contributed by atoms with Crippen LogP contribution in [0.15, 0.2) is 64.9 Å². The van der Waals surface area contributed by atoms with E-state index < -0.39 is 0 Å². The van der Waals surface area contributed by atoms with Crippen molar-refractivity contribution in [2.24, 2.45) is 10.7 Å². The zero-order valence-electron chi connectivity index (χ0n) is 18.6. The summed E-state index contributed by atoms with van der Waals surface area (Å²) in [6.45, 7) is 4.29. The average Bonchev–Trinajstić information content (AvgIpc) is 3.52. The van der Waals surface area contributed by atoms with Crippen LogP contribution in [0.1, 0.15) is 37.4 Å². The zero-order chi connectivity index (χ0) is 22.7. The molecule has 1 saturated heterocycles. The summed E-state index contributed by atoms with van der Waals surface area (Å²) in [6.07, 6.45) is 10.5. The molecule has 0 saturated carbocycles.